The van der Waals surface area contributed by atoms with Crippen LogP contribution in [-0.2, 0) is 0 Å². The summed E-state index contributed by atoms with van der Waals surface area (Å²) in [6.07, 6.45) is -0.893. The maximum Gasteiger partial charge on any atom is 0.407 e. The van der Waals surface area contributed by atoms with Gasteiger partial charge in [-0.15, -0.1) is 0 Å². The number of benzene rings is 2. The van der Waals surface area contributed by atoms with Gasteiger partial charge in [0.1, 0.15) is 11.5 Å². The highest BCUT2D eigenvalue weighted by atomic mass is 35.5. The average molecular weight is 482 g/mol. The third-order valence-corrected chi connectivity index (χ3v) is 6.42. The van der Waals surface area contributed by atoms with Gasteiger partial charge < -0.3 is 14.9 Å². The Morgan fingerprint density at radius 2 is 1.70 bits per heavy atom. The first-order valence-electron chi connectivity index (χ1n) is 10.6. The molecule has 0 spiro atoms. The highest BCUT2D eigenvalue weighted by molar-refractivity contribution is 6.33. The molecule has 0 radical (unpaired) electrons. The first-order valence-corrected chi connectivity index (χ1v) is 11.3. The van der Waals surface area contributed by atoms with E-state index >= 15 is 0 Å². The fourth-order valence-electron chi connectivity index (χ4n) is 4.20. The zero-order valence-electron chi connectivity index (χ0n) is 17.9. The van der Waals surface area contributed by atoms with Crippen LogP contribution in [0.25, 0.3) is 28.0 Å². The molecule has 1 fully saturated rings. The molecule has 2 aromatic heterocycles. The van der Waals surface area contributed by atoms with E-state index in [0.717, 1.165) is 33.9 Å². The van der Waals surface area contributed by atoms with Gasteiger partial charge in [0.25, 0.3) is 0 Å². The van der Waals surface area contributed by atoms with E-state index in [1.807, 2.05) is 66.0 Å². The molecule has 0 aliphatic carbocycles. The molecular formula is C24H21Cl2N5O2. The maximum atomic E-state index is 11.3. The summed E-state index contributed by atoms with van der Waals surface area (Å²) in [6.45, 7) is 3.96. The molecular weight excluding hydrogens is 461 g/mol. The van der Waals surface area contributed by atoms with Gasteiger partial charge in [0.15, 0.2) is 5.65 Å². The number of anilines is 1. The largest absolute Gasteiger partial charge is 0.465 e. The Morgan fingerprint density at radius 1 is 1.00 bits per heavy atom. The Bertz CT molecular complexity index is 1350. The Labute approximate surface area is 200 Å². The predicted octanol–water partition coefficient (Wildman–Crippen LogP) is 5.48. The monoisotopic (exact) mass is 481 g/mol. The Morgan fingerprint density at radius 3 is 2.36 bits per heavy atom. The molecule has 0 saturated carbocycles. The van der Waals surface area contributed by atoms with Gasteiger partial charge >= 0.3 is 6.09 Å². The maximum absolute atomic E-state index is 11.3. The Balaban J connectivity index is 1.72. The van der Waals surface area contributed by atoms with Crippen LogP contribution in [-0.4, -0.2) is 56.9 Å². The lowest BCUT2D eigenvalue weighted by Gasteiger charge is -2.34. The van der Waals surface area contributed by atoms with Crippen molar-refractivity contribution in [1.82, 2.24) is 19.5 Å². The van der Waals surface area contributed by atoms with Gasteiger partial charge in [-0.05, 0) is 30.7 Å². The van der Waals surface area contributed by atoms with Crippen LogP contribution in [0, 0.1) is 6.92 Å². The topological polar surface area (TPSA) is 74.0 Å². The second-order valence-electron chi connectivity index (χ2n) is 7.96. The molecule has 1 aliphatic rings. The summed E-state index contributed by atoms with van der Waals surface area (Å²) in [5.41, 5.74) is 4.90. The van der Waals surface area contributed by atoms with E-state index in [-0.39, 0.29) is 0 Å². The van der Waals surface area contributed by atoms with Crippen molar-refractivity contribution >= 4 is 40.8 Å². The van der Waals surface area contributed by atoms with E-state index in [4.69, 9.17) is 33.3 Å². The lowest BCUT2D eigenvalue weighted by molar-refractivity contribution is 0.142. The minimum atomic E-state index is -0.893. The zero-order chi connectivity index (χ0) is 23.1. The van der Waals surface area contributed by atoms with Crippen LogP contribution < -0.4 is 4.90 Å². The molecule has 1 N–H and O–H groups in total. The normalized spacial score (nSPS) is 14.2. The van der Waals surface area contributed by atoms with Gasteiger partial charge in [0, 0.05) is 48.5 Å². The number of hydrogen-bond acceptors (Lipinski definition) is 4. The number of carboxylic acid groups (broad SMARTS) is 1. The number of halogens is 2. The number of rotatable bonds is 3. The third-order valence-electron chi connectivity index (χ3n) is 5.83. The summed E-state index contributed by atoms with van der Waals surface area (Å²) in [7, 11) is 0. The Kier molecular flexibility index (Phi) is 5.60. The number of hydrogen-bond donors (Lipinski definition) is 1. The van der Waals surface area contributed by atoms with Crippen LogP contribution in [0.2, 0.25) is 10.0 Å². The summed E-state index contributed by atoms with van der Waals surface area (Å²) in [6, 6.07) is 17.2. The van der Waals surface area contributed by atoms with Crippen molar-refractivity contribution in [3.05, 3.63) is 70.3 Å². The van der Waals surface area contributed by atoms with Crippen molar-refractivity contribution in [1.29, 1.82) is 0 Å². The molecule has 33 heavy (non-hydrogen) atoms. The number of piperazine rings is 1. The van der Waals surface area contributed by atoms with Crippen LogP contribution in [0.5, 0.6) is 0 Å². The molecule has 7 nitrogen and oxygen atoms in total. The van der Waals surface area contributed by atoms with Crippen molar-refractivity contribution in [2.75, 3.05) is 31.1 Å². The molecule has 1 amide bonds. The van der Waals surface area contributed by atoms with Crippen LogP contribution >= 0.6 is 23.2 Å². The number of nitrogens with zero attached hydrogens (tertiary/aromatic N) is 5. The summed E-state index contributed by atoms with van der Waals surface area (Å²) in [5, 5.41) is 15.5. The average Bonchev–Trinajstić information content (AvgIpc) is 3.18. The summed E-state index contributed by atoms with van der Waals surface area (Å²) < 4.78 is 1.84. The number of fused-ring (bicyclic) bond motifs is 1. The number of aryl methyl sites for hydroxylation is 1. The lowest BCUT2D eigenvalue weighted by Crippen LogP contribution is -2.48. The second-order valence-corrected chi connectivity index (χ2v) is 8.80. The third kappa shape index (κ3) is 3.98. The predicted molar refractivity (Wildman–Crippen MR) is 130 cm³/mol. The first-order chi connectivity index (χ1) is 15.9. The van der Waals surface area contributed by atoms with E-state index in [1.54, 1.807) is 0 Å². The van der Waals surface area contributed by atoms with E-state index in [9.17, 15) is 9.90 Å². The fourth-order valence-corrected chi connectivity index (χ4v) is 4.55. The highest BCUT2D eigenvalue weighted by Gasteiger charge is 2.26. The minimum absolute atomic E-state index is 0.431. The van der Waals surface area contributed by atoms with Gasteiger partial charge in [-0.1, -0.05) is 53.5 Å². The van der Waals surface area contributed by atoms with Gasteiger partial charge in [-0.25, -0.2) is 9.78 Å². The van der Waals surface area contributed by atoms with Gasteiger partial charge in [-0.2, -0.15) is 9.61 Å². The molecule has 1 aliphatic heterocycles. The molecule has 0 atom stereocenters. The van der Waals surface area contributed by atoms with E-state index < -0.39 is 6.09 Å². The van der Waals surface area contributed by atoms with Crippen molar-refractivity contribution in [3.8, 4) is 22.4 Å². The van der Waals surface area contributed by atoms with Crippen molar-refractivity contribution in [2.24, 2.45) is 0 Å². The molecule has 0 bridgehead atoms. The van der Waals surface area contributed by atoms with Crippen molar-refractivity contribution < 1.29 is 9.90 Å². The zero-order valence-corrected chi connectivity index (χ0v) is 19.4. The molecule has 9 heteroatoms. The standard InChI is InChI=1S/C24H21Cl2N5O2/c1-15-14-20(29-10-12-30(13-11-29)24(32)33)31-23(27-15)21(16-6-8-17(25)9-7-16)22(28-31)18-4-2-3-5-19(18)26/h2-9,14H,10-13H2,1H3,(H,32,33). The highest BCUT2D eigenvalue weighted by Crippen LogP contribution is 2.39. The molecule has 4 aromatic rings. The molecule has 3 heterocycles. The Hall–Kier alpha value is -3.29. The number of amides is 1. The van der Waals surface area contributed by atoms with Crippen LogP contribution in [0.4, 0.5) is 10.6 Å². The van der Waals surface area contributed by atoms with Gasteiger partial charge in [0.2, 0.25) is 0 Å². The molecule has 1 saturated heterocycles. The van der Waals surface area contributed by atoms with Crippen LogP contribution in [0.1, 0.15) is 5.69 Å². The van der Waals surface area contributed by atoms with Gasteiger partial charge in [0.05, 0.1) is 10.6 Å². The van der Waals surface area contributed by atoms with E-state index in [0.29, 0.717) is 41.9 Å². The van der Waals surface area contributed by atoms with Crippen molar-refractivity contribution in [2.45, 2.75) is 6.92 Å². The van der Waals surface area contributed by atoms with Gasteiger partial charge in [-0.3, -0.25) is 0 Å². The van der Waals surface area contributed by atoms with Crippen LogP contribution in [0.3, 0.4) is 0 Å². The lowest BCUT2D eigenvalue weighted by atomic mass is 10.0. The molecule has 0 unspecified atom stereocenters. The smallest absolute Gasteiger partial charge is 0.407 e. The number of carbonyl (C=O) groups is 1. The summed E-state index contributed by atoms with van der Waals surface area (Å²) in [4.78, 5) is 19.8. The minimum Gasteiger partial charge on any atom is -0.465 e. The summed E-state index contributed by atoms with van der Waals surface area (Å²) >= 11 is 12.7. The number of aromatic nitrogens is 3. The van der Waals surface area contributed by atoms with Crippen molar-refractivity contribution in [3.63, 3.8) is 0 Å². The SMILES string of the molecule is Cc1cc(N2CCN(C(=O)O)CC2)n2nc(-c3ccccc3Cl)c(-c3ccc(Cl)cc3)c2n1. The first kappa shape index (κ1) is 21.6. The van der Waals surface area contributed by atoms with E-state index in [2.05, 4.69) is 4.90 Å². The van der Waals surface area contributed by atoms with Crippen LogP contribution in [0.15, 0.2) is 54.6 Å². The summed E-state index contributed by atoms with van der Waals surface area (Å²) in [5.74, 6) is 0.871. The quantitative estimate of drug-likeness (QED) is 0.419. The molecule has 5 rings (SSSR count). The second kappa shape index (κ2) is 8.57. The fraction of sp³-hybridized carbons (Fsp3) is 0.208. The van der Waals surface area contributed by atoms with E-state index in [1.165, 1.54) is 4.90 Å². The molecule has 168 valence electrons. The molecule has 2 aromatic carbocycles.